The molecule has 3 aromatic carbocycles. The van der Waals surface area contributed by atoms with E-state index in [9.17, 15) is 9.59 Å². The molecule has 2 aromatic heterocycles. The van der Waals surface area contributed by atoms with E-state index in [4.69, 9.17) is 12.2 Å². The summed E-state index contributed by atoms with van der Waals surface area (Å²) in [5.41, 5.74) is 4.13. The molecule has 0 atom stereocenters. The summed E-state index contributed by atoms with van der Waals surface area (Å²) in [4.78, 5) is 29.8. The average Bonchev–Trinajstić information content (AvgIpc) is 3.20. The molecule has 0 unspecified atom stereocenters. The maximum atomic E-state index is 13.7. The van der Waals surface area contributed by atoms with Gasteiger partial charge in [0.15, 0.2) is 3.95 Å². The van der Waals surface area contributed by atoms with Crippen LogP contribution in [0.2, 0.25) is 0 Å². The van der Waals surface area contributed by atoms with Gasteiger partial charge in [0.1, 0.15) is 12.2 Å². The number of fused-ring (bicyclic) bond motifs is 3. The lowest BCUT2D eigenvalue weighted by Crippen LogP contribution is -2.37. The molecule has 0 saturated heterocycles. The van der Waals surface area contributed by atoms with Crippen LogP contribution in [-0.4, -0.2) is 21.4 Å². The molecule has 5 rings (SSSR count). The quantitative estimate of drug-likeness (QED) is 0.284. The smallest absolute Gasteiger partial charge is 0.262 e. The third-order valence-corrected chi connectivity index (χ3v) is 7.37. The summed E-state index contributed by atoms with van der Waals surface area (Å²) in [6, 6.07) is 25.1. The first-order chi connectivity index (χ1) is 16.5. The average molecular weight is 486 g/mol. The Kier molecular flexibility index (Phi) is 5.89. The Balaban J connectivity index is 1.77. The summed E-state index contributed by atoms with van der Waals surface area (Å²) in [5, 5.41) is 0.537. The van der Waals surface area contributed by atoms with Crippen molar-refractivity contribution in [1.82, 2.24) is 8.97 Å². The summed E-state index contributed by atoms with van der Waals surface area (Å²) in [6.45, 7) is 4.39. The van der Waals surface area contributed by atoms with E-state index in [-0.39, 0.29) is 18.0 Å². The van der Waals surface area contributed by atoms with E-state index in [0.29, 0.717) is 21.5 Å². The van der Waals surface area contributed by atoms with Crippen molar-refractivity contribution in [3.63, 3.8) is 0 Å². The topological polar surface area (TPSA) is 46.7 Å². The number of thiazole rings is 1. The first-order valence-corrected chi connectivity index (χ1v) is 12.3. The fourth-order valence-corrected chi connectivity index (χ4v) is 5.72. The van der Waals surface area contributed by atoms with Gasteiger partial charge in [-0.05, 0) is 55.9 Å². The normalized spacial score (nSPS) is 11.2. The van der Waals surface area contributed by atoms with Gasteiger partial charge in [0, 0.05) is 12.2 Å². The van der Waals surface area contributed by atoms with Crippen LogP contribution in [-0.2, 0) is 11.3 Å². The highest BCUT2D eigenvalue weighted by atomic mass is 32.1. The van der Waals surface area contributed by atoms with Crippen molar-refractivity contribution in [2.75, 3.05) is 11.4 Å². The van der Waals surface area contributed by atoms with Gasteiger partial charge >= 0.3 is 0 Å². The number of carbonyl (C=O) groups is 1. The third-order valence-electron chi connectivity index (χ3n) is 5.96. The molecule has 2 heterocycles. The van der Waals surface area contributed by atoms with Crippen LogP contribution >= 0.6 is 23.6 Å². The zero-order valence-corrected chi connectivity index (χ0v) is 20.5. The van der Waals surface area contributed by atoms with E-state index in [0.717, 1.165) is 27.2 Å². The Bertz CT molecular complexity index is 1630. The molecule has 0 aliphatic heterocycles. The maximum absolute atomic E-state index is 13.7. The molecule has 0 bridgehead atoms. The lowest BCUT2D eigenvalue weighted by molar-refractivity contribution is -0.119. The fraction of sp³-hybridized carbons (Fsp3) is 0.148. The number of amides is 1. The monoisotopic (exact) mass is 485 g/mol. The van der Waals surface area contributed by atoms with Gasteiger partial charge in [-0.3, -0.25) is 18.6 Å². The summed E-state index contributed by atoms with van der Waals surface area (Å²) >= 11 is 7.22. The van der Waals surface area contributed by atoms with Crippen molar-refractivity contribution in [2.45, 2.75) is 20.4 Å². The fourth-order valence-electron chi connectivity index (χ4n) is 4.28. The van der Waals surface area contributed by atoms with Gasteiger partial charge < -0.3 is 4.90 Å². The maximum Gasteiger partial charge on any atom is 0.262 e. The van der Waals surface area contributed by atoms with Gasteiger partial charge in [0.25, 0.3) is 5.56 Å². The second-order valence-electron chi connectivity index (χ2n) is 8.10. The number of hydrogen-bond acceptors (Lipinski definition) is 4. The number of carbonyl (C=O) groups excluding carboxylic acids is 1. The van der Waals surface area contributed by atoms with Crippen LogP contribution < -0.4 is 10.5 Å². The number of anilines is 1. The molecular formula is C27H23N3O2S2. The Morgan fingerprint density at radius 3 is 2.35 bits per heavy atom. The highest BCUT2D eigenvalue weighted by Gasteiger charge is 2.22. The van der Waals surface area contributed by atoms with Crippen molar-refractivity contribution in [1.29, 1.82) is 0 Å². The van der Waals surface area contributed by atoms with E-state index >= 15 is 0 Å². The molecule has 1 amide bonds. The molecule has 170 valence electrons. The number of nitrogens with zero attached hydrogens (tertiary/aromatic N) is 3. The number of aryl methyl sites for hydroxylation is 1. The predicted octanol–water partition coefficient (Wildman–Crippen LogP) is 6.07. The molecule has 0 fully saturated rings. The van der Waals surface area contributed by atoms with E-state index in [1.165, 1.54) is 11.3 Å². The van der Waals surface area contributed by atoms with E-state index < -0.39 is 0 Å². The van der Waals surface area contributed by atoms with E-state index in [2.05, 4.69) is 0 Å². The summed E-state index contributed by atoms with van der Waals surface area (Å²) in [7, 11) is 0. The third kappa shape index (κ3) is 3.77. The Morgan fingerprint density at radius 2 is 1.65 bits per heavy atom. The van der Waals surface area contributed by atoms with Crippen molar-refractivity contribution in [3.8, 4) is 10.4 Å². The van der Waals surface area contributed by atoms with Gasteiger partial charge in [0.05, 0.1) is 15.8 Å². The minimum atomic E-state index is -0.200. The van der Waals surface area contributed by atoms with Crippen LogP contribution in [0, 0.1) is 10.9 Å². The first kappa shape index (κ1) is 22.3. The molecule has 0 aliphatic rings. The highest BCUT2D eigenvalue weighted by molar-refractivity contribution is 7.73. The number of aromatic nitrogens is 2. The van der Waals surface area contributed by atoms with E-state index in [1.54, 1.807) is 15.5 Å². The summed E-state index contributed by atoms with van der Waals surface area (Å²) in [6.07, 6.45) is 0. The molecule has 5 nitrogen and oxygen atoms in total. The van der Waals surface area contributed by atoms with Gasteiger partial charge in [0.2, 0.25) is 5.91 Å². The van der Waals surface area contributed by atoms with Gasteiger partial charge in [-0.15, -0.1) is 11.3 Å². The van der Waals surface area contributed by atoms with Crippen LogP contribution in [0.1, 0.15) is 12.5 Å². The van der Waals surface area contributed by atoms with Crippen LogP contribution in [0.4, 0.5) is 5.69 Å². The molecule has 0 N–H and O–H groups in total. The lowest BCUT2D eigenvalue weighted by Gasteiger charge is -2.22. The Labute approximate surface area is 206 Å². The summed E-state index contributed by atoms with van der Waals surface area (Å²) in [5.74, 6) is -0.153. The Morgan fingerprint density at radius 1 is 0.971 bits per heavy atom. The highest BCUT2D eigenvalue weighted by Crippen LogP contribution is 2.33. The van der Waals surface area contributed by atoms with Gasteiger partial charge in [-0.1, -0.05) is 60.2 Å². The second-order valence-corrected chi connectivity index (χ2v) is 9.75. The molecule has 5 aromatic rings. The molecule has 34 heavy (non-hydrogen) atoms. The molecule has 7 heteroatoms. The number of benzene rings is 3. The van der Waals surface area contributed by atoms with Crippen molar-refractivity contribution in [2.24, 2.45) is 0 Å². The second kappa shape index (κ2) is 9.00. The lowest BCUT2D eigenvalue weighted by atomic mass is 10.1. The van der Waals surface area contributed by atoms with Crippen LogP contribution in [0.15, 0.2) is 83.7 Å². The SMILES string of the molecule is CCN(C(=O)Cn1c(=O)c2ccccc2n2c(=S)sc(-c3ccc(C)cc3)c12)c1ccccc1. The summed E-state index contributed by atoms with van der Waals surface area (Å²) < 4.78 is 4.15. The number of rotatable bonds is 5. The van der Waals surface area contributed by atoms with Crippen LogP contribution in [0.5, 0.6) is 0 Å². The van der Waals surface area contributed by atoms with Crippen LogP contribution in [0.25, 0.3) is 27.0 Å². The first-order valence-electron chi connectivity index (χ1n) is 11.1. The number of para-hydroxylation sites is 2. The van der Waals surface area contributed by atoms with Crippen molar-refractivity contribution in [3.05, 3.63) is 98.7 Å². The molecule has 0 aliphatic carbocycles. The minimum Gasteiger partial charge on any atom is -0.311 e. The largest absolute Gasteiger partial charge is 0.311 e. The zero-order valence-electron chi connectivity index (χ0n) is 18.9. The molecule has 0 spiro atoms. The zero-order chi connectivity index (χ0) is 23.8. The van der Waals surface area contributed by atoms with Crippen molar-refractivity contribution >= 4 is 51.7 Å². The number of likely N-dealkylation sites (N-methyl/N-ethyl adjacent to an activating group) is 1. The van der Waals surface area contributed by atoms with Crippen molar-refractivity contribution < 1.29 is 4.79 Å². The van der Waals surface area contributed by atoms with Crippen LogP contribution in [0.3, 0.4) is 0 Å². The predicted molar refractivity (Wildman–Crippen MR) is 143 cm³/mol. The van der Waals surface area contributed by atoms with Gasteiger partial charge in [-0.25, -0.2) is 0 Å². The Hall–Kier alpha value is -3.55. The number of hydrogen-bond donors (Lipinski definition) is 0. The molecular weight excluding hydrogens is 462 g/mol. The molecule has 0 saturated carbocycles. The standard InChI is InChI=1S/C27H23N3O2S2/c1-3-28(20-9-5-4-6-10-20)23(31)17-29-25-24(19-15-13-18(2)14-16-19)34-27(33)30(25)22-12-8-7-11-21(22)26(29)32/h4-16H,3,17H2,1-2H3. The van der Waals surface area contributed by atoms with Gasteiger partial charge in [-0.2, -0.15) is 0 Å². The minimum absolute atomic E-state index is 0.0831. The van der Waals surface area contributed by atoms with E-state index in [1.807, 2.05) is 91.0 Å². The molecule has 0 radical (unpaired) electrons.